The molecule has 1 saturated heterocycles. The van der Waals surface area contributed by atoms with E-state index in [0.717, 1.165) is 55.5 Å². The molecule has 0 aliphatic carbocycles. The van der Waals surface area contributed by atoms with Crippen LogP contribution in [-0.4, -0.2) is 54.9 Å². The zero-order valence-corrected chi connectivity index (χ0v) is 17.3. The summed E-state index contributed by atoms with van der Waals surface area (Å²) in [5.41, 5.74) is 2.38. The topological polar surface area (TPSA) is 54.6 Å². The summed E-state index contributed by atoms with van der Waals surface area (Å²) >= 11 is 6.05. The van der Waals surface area contributed by atoms with Crippen LogP contribution in [0.1, 0.15) is 17.0 Å². The molecule has 1 fully saturated rings. The van der Waals surface area contributed by atoms with Gasteiger partial charge in [-0.25, -0.2) is 0 Å². The van der Waals surface area contributed by atoms with E-state index in [4.69, 9.17) is 20.9 Å². The van der Waals surface area contributed by atoms with Crippen LogP contribution >= 0.6 is 11.6 Å². The van der Waals surface area contributed by atoms with Crippen molar-refractivity contribution in [2.45, 2.75) is 12.8 Å². The van der Waals surface area contributed by atoms with E-state index in [-0.39, 0.29) is 0 Å². The van der Waals surface area contributed by atoms with E-state index in [1.165, 1.54) is 5.56 Å². The van der Waals surface area contributed by atoms with E-state index in [0.29, 0.717) is 18.3 Å². The molecule has 6 nitrogen and oxygen atoms in total. The molecule has 7 heteroatoms. The van der Waals surface area contributed by atoms with Gasteiger partial charge in [-0.15, -0.1) is 0 Å². The number of anilines is 1. The fraction of sp³-hybridized carbons (Fsp3) is 0.364. The summed E-state index contributed by atoms with van der Waals surface area (Å²) in [7, 11) is 1.70. The predicted octanol–water partition coefficient (Wildman–Crippen LogP) is 3.69. The van der Waals surface area contributed by atoms with Gasteiger partial charge in [0.05, 0.1) is 7.11 Å². The van der Waals surface area contributed by atoms with Gasteiger partial charge in [0.2, 0.25) is 0 Å². The average molecular weight is 413 g/mol. The van der Waals surface area contributed by atoms with Crippen LogP contribution in [0.5, 0.6) is 5.75 Å². The van der Waals surface area contributed by atoms with Gasteiger partial charge in [-0.3, -0.25) is 4.90 Å². The summed E-state index contributed by atoms with van der Waals surface area (Å²) in [5, 5.41) is 4.85. The summed E-state index contributed by atoms with van der Waals surface area (Å²) in [6, 6.07) is 16.6. The van der Waals surface area contributed by atoms with Gasteiger partial charge in [0.1, 0.15) is 5.75 Å². The van der Waals surface area contributed by atoms with Crippen LogP contribution in [0.2, 0.25) is 5.02 Å². The van der Waals surface area contributed by atoms with Crippen molar-refractivity contribution in [3.63, 3.8) is 0 Å². The van der Waals surface area contributed by atoms with Crippen molar-refractivity contribution >= 4 is 17.6 Å². The molecule has 0 saturated carbocycles. The largest absolute Gasteiger partial charge is 0.497 e. The first kappa shape index (κ1) is 19.7. The van der Waals surface area contributed by atoms with Crippen LogP contribution < -0.4 is 9.64 Å². The number of piperazine rings is 1. The van der Waals surface area contributed by atoms with Crippen LogP contribution in [0.4, 0.5) is 6.01 Å². The molecular formula is C22H25ClN4O2. The monoisotopic (exact) mass is 412 g/mol. The minimum absolute atomic E-state index is 0.606. The maximum atomic E-state index is 6.05. The highest BCUT2D eigenvalue weighted by Gasteiger charge is 2.21. The molecule has 3 aromatic rings. The van der Waals surface area contributed by atoms with E-state index in [9.17, 15) is 0 Å². The molecule has 1 aromatic heterocycles. The molecule has 0 bridgehead atoms. The second-order valence-electron chi connectivity index (χ2n) is 7.23. The van der Waals surface area contributed by atoms with Gasteiger partial charge in [0, 0.05) is 44.2 Å². The Balaban J connectivity index is 1.27. The Bertz CT molecular complexity index is 938. The summed E-state index contributed by atoms with van der Waals surface area (Å²) in [4.78, 5) is 9.20. The van der Waals surface area contributed by atoms with Crippen molar-refractivity contribution < 1.29 is 9.26 Å². The Hall–Kier alpha value is -2.57. The molecule has 0 N–H and O–H groups in total. The fourth-order valence-corrected chi connectivity index (χ4v) is 3.77. The smallest absolute Gasteiger partial charge is 0.324 e. The third-order valence-electron chi connectivity index (χ3n) is 5.20. The summed E-state index contributed by atoms with van der Waals surface area (Å²) in [5.74, 6) is 1.60. The Labute approximate surface area is 176 Å². The van der Waals surface area contributed by atoms with Crippen LogP contribution in [-0.2, 0) is 12.8 Å². The van der Waals surface area contributed by atoms with Gasteiger partial charge in [-0.2, -0.15) is 4.98 Å². The van der Waals surface area contributed by atoms with Crippen molar-refractivity contribution in [1.82, 2.24) is 15.0 Å². The molecular weight excluding hydrogens is 388 g/mol. The maximum absolute atomic E-state index is 6.05. The number of methoxy groups -OCH3 is 1. The molecule has 0 amide bonds. The first-order valence-corrected chi connectivity index (χ1v) is 10.2. The van der Waals surface area contributed by atoms with Crippen LogP contribution in [0.3, 0.4) is 0 Å². The normalized spacial score (nSPS) is 14.9. The lowest BCUT2D eigenvalue weighted by Gasteiger charge is -2.33. The Morgan fingerprint density at radius 2 is 1.83 bits per heavy atom. The molecule has 29 heavy (non-hydrogen) atoms. The number of benzene rings is 2. The lowest BCUT2D eigenvalue weighted by Crippen LogP contribution is -2.47. The minimum atomic E-state index is 0.606. The van der Waals surface area contributed by atoms with Crippen LogP contribution in [0, 0.1) is 0 Å². The first-order chi connectivity index (χ1) is 14.2. The molecule has 2 aromatic carbocycles. The zero-order chi connectivity index (χ0) is 20.1. The van der Waals surface area contributed by atoms with E-state index >= 15 is 0 Å². The maximum Gasteiger partial charge on any atom is 0.324 e. The molecule has 4 rings (SSSR count). The second kappa shape index (κ2) is 9.29. The van der Waals surface area contributed by atoms with Gasteiger partial charge in [0.15, 0.2) is 5.82 Å². The zero-order valence-electron chi connectivity index (χ0n) is 16.6. The molecule has 0 radical (unpaired) electrons. The van der Waals surface area contributed by atoms with Crippen molar-refractivity contribution in [3.05, 3.63) is 70.5 Å². The standard InChI is InChI=1S/C22H25ClN4O2/c1-28-20-7-3-4-17(15-20)8-9-26-10-12-27(13-11-26)22-24-21(25-29-22)16-18-5-2-6-19(23)14-18/h2-7,14-15H,8-13,16H2,1H3. The van der Waals surface area contributed by atoms with Crippen LogP contribution in [0.15, 0.2) is 53.1 Å². The number of nitrogens with zero attached hydrogens (tertiary/aromatic N) is 4. The number of hydrogen-bond donors (Lipinski definition) is 0. The van der Waals surface area contributed by atoms with Gasteiger partial charge >= 0.3 is 6.01 Å². The molecule has 1 aliphatic rings. The van der Waals surface area contributed by atoms with E-state index in [1.807, 2.05) is 36.4 Å². The third-order valence-corrected chi connectivity index (χ3v) is 5.44. The molecule has 0 atom stereocenters. The summed E-state index contributed by atoms with van der Waals surface area (Å²) in [6.07, 6.45) is 1.63. The predicted molar refractivity (Wildman–Crippen MR) is 114 cm³/mol. The quantitative estimate of drug-likeness (QED) is 0.590. The first-order valence-electron chi connectivity index (χ1n) is 9.87. The average Bonchev–Trinajstić information content (AvgIpc) is 3.21. The van der Waals surface area contributed by atoms with Crippen molar-refractivity contribution in [2.24, 2.45) is 0 Å². The Kier molecular flexibility index (Phi) is 6.32. The van der Waals surface area contributed by atoms with Gasteiger partial charge in [-0.1, -0.05) is 41.0 Å². The minimum Gasteiger partial charge on any atom is -0.497 e. The SMILES string of the molecule is COc1cccc(CCN2CCN(c3nc(Cc4cccc(Cl)c4)no3)CC2)c1. The number of hydrogen-bond acceptors (Lipinski definition) is 6. The van der Waals surface area contributed by atoms with E-state index in [1.54, 1.807) is 7.11 Å². The molecule has 0 spiro atoms. The second-order valence-corrected chi connectivity index (χ2v) is 7.67. The lowest BCUT2D eigenvalue weighted by molar-refractivity contribution is 0.253. The van der Waals surface area contributed by atoms with E-state index < -0.39 is 0 Å². The highest BCUT2D eigenvalue weighted by Crippen LogP contribution is 2.18. The number of ether oxygens (including phenoxy) is 1. The Morgan fingerprint density at radius 3 is 2.62 bits per heavy atom. The third kappa shape index (κ3) is 5.28. The van der Waals surface area contributed by atoms with Crippen molar-refractivity contribution in [2.75, 3.05) is 44.7 Å². The van der Waals surface area contributed by atoms with Gasteiger partial charge in [0.25, 0.3) is 0 Å². The highest BCUT2D eigenvalue weighted by atomic mass is 35.5. The van der Waals surface area contributed by atoms with Crippen molar-refractivity contribution in [1.29, 1.82) is 0 Å². The summed E-state index contributed by atoms with van der Waals surface area (Å²) in [6.45, 7) is 4.77. The van der Waals surface area contributed by atoms with Gasteiger partial charge in [-0.05, 0) is 41.8 Å². The van der Waals surface area contributed by atoms with E-state index in [2.05, 4.69) is 32.1 Å². The lowest BCUT2D eigenvalue weighted by atomic mass is 10.1. The Morgan fingerprint density at radius 1 is 1.03 bits per heavy atom. The molecule has 0 unspecified atom stereocenters. The van der Waals surface area contributed by atoms with Crippen molar-refractivity contribution in [3.8, 4) is 5.75 Å². The highest BCUT2D eigenvalue weighted by molar-refractivity contribution is 6.30. The number of rotatable bonds is 7. The fourth-order valence-electron chi connectivity index (χ4n) is 3.55. The molecule has 1 aliphatic heterocycles. The summed E-state index contributed by atoms with van der Waals surface area (Å²) < 4.78 is 10.8. The van der Waals surface area contributed by atoms with Crippen LogP contribution in [0.25, 0.3) is 0 Å². The molecule has 2 heterocycles. The number of halogens is 1. The van der Waals surface area contributed by atoms with Gasteiger partial charge < -0.3 is 14.2 Å². The number of aromatic nitrogens is 2. The molecule has 152 valence electrons.